The number of aromatic nitrogens is 2. The van der Waals surface area contributed by atoms with Crippen molar-refractivity contribution in [3.8, 4) is 0 Å². The Morgan fingerprint density at radius 2 is 2.17 bits per heavy atom. The zero-order chi connectivity index (χ0) is 16.7. The minimum Gasteiger partial charge on any atom is -0.395 e. The van der Waals surface area contributed by atoms with Gasteiger partial charge in [-0.05, 0) is 31.9 Å². The smallest absolute Gasteiger partial charge is 0.289 e. The van der Waals surface area contributed by atoms with Crippen LogP contribution in [0.1, 0.15) is 53.0 Å². The van der Waals surface area contributed by atoms with Crippen LogP contribution >= 0.6 is 0 Å². The quantitative estimate of drug-likeness (QED) is 0.773. The second kappa shape index (κ2) is 8.28. The number of aryl methyl sites for hydroxylation is 2. The molecule has 2 aromatic rings. The summed E-state index contributed by atoms with van der Waals surface area (Å²) in [5, 5.41) is 19.1. The van der Waals surface area contributed by atoms with Gasteiger partial charge in [-0.2, -0.15) is 0 Å². The highest BCUT2D eigenvalue weighted by Crippen LogP contribution is 2.19. The maximum Gasteiger partial charge on any atom is 0.289 e. The van der Waals surface area contributed by atoms with Crippen LogP contribution in [0.5, 0.6) is 0 Å². The predicted octanol–water partition coefficient (Wildman–Crippen LogP) is 2.21. The Morgan fingerprint density at radius 3 is 2.91 bits per heavy atom. The molecule has 7 nitrogen and oxygen atoms in total. The van der Waals surface area contributed by atoms with Gasteiger partial charge in [0.1, 0.15) is 11.5 Å². The monoisotopic (exact) mass is 319 g/mol. The van der Waals surface area contributed by atoms with E-state index in [0.717, 1.165) is 36.3 Å². The van der Waals surface area contributed by atoms with E-state index < -0.39 is 5.91 Å². The maximum absolute atomic E-state index is 11.7. The van der Waals surface area contributed by atoms with E-state index >= 15 is 0 Å². The average Bonchev–Trinajstić information content (AvgIpc) is 3.15. The third-order valence-corrected chi connectivity index (χ3v) is 3.32. The van der Waals surface area contributed by atoms with Crippen LogP contribution in [-0.4, -0.2) is 34.5 Å². The predicted molar refractivity (Wildman–Crippen MR) is 84.7 cm³/mol. The molecule has 0 aliphatic heterocycles. The number of nitrogens with zero attached hydrogens (tertiary/aromatic N) is 2. The maximum atomic E-state index is 11.7. The average molecular weight is 319 g/mol. The molecule has 0 bridgehead atoms. The van der Waals surface area contributed by atoms with Crippen LogP contribution in [0.3, 0.4) is 0 Å². The molecule has 0 aliphatic carbocycles. The number of unbranched alkanes of at least 4 members (excludes halogenated alkanes) is 1. The minimum atomic E-state index is -0.406. The standard InChI is InChI=1S/C16H21N3O4/c1-3-4-5-14-13(11(2)22-19-14)7-6-12-10-15(23-18-12)16(21)17-8-9-20/h6-7,10,20H,3-5,8-9H2,1-2H3,(H,17,21). The number of hydrogen-bond donors (Lipinski definition) is 2. The first-order chi connectivity index (χ1) is 11.2. The normalized spacial score (nSPS) is 11.3. The minimum absolute atomic E-state index is 0.103. The largest absolute Gasteiger partial charge is 0.395 e. The summed E-state index contributed by atoms with van der Waals surface area (Å²) < 4.78 is 10.2. The number of hydrogen-bond acceptors (Lipinski definition) is 6. The van der Waals surface area contributed by atoms with Gasteiger partial charge in [0.15, 0.2) is 0 Å². The Labute approximate surface area is 134 Å². The Morgan fingerprint density at radius 1 is 1.35 bits per heavy atom. The van der Waals surface area contributed by atoms with Crippen molar-refractivity contribution in [3.05, 3.63) is 34.5 Å². The molecule has 0 unspecified atom stereocenters. The molecule has 23 heavy (non-hydrogen) atoms. The van der Waals surface area contributed by atoms with Crippen LogP contribution in [0.15, 0.2) is 15.1 Å². The van der Waals surface area contributed by atoms with Gasteiger partial charge < -0.3 is 19.5 Å². The second-order valence-electron chi connectivity index (χ2n) is 5.13. The van der Waals surface area contributed by atoms with E-state index in [0.29, 0.717) is 5.69 Å². The van der Waals surface area contributed by atoms with Gasteiger partial charge in [0.05, 0.1) is 12.3 Å². The van der Waals surface area contributed by atoms with Crippen molar-refractivity contribution in [3.63, 3.8) is 0 Å². The number of aliphatic hydroxyl groups excluding tert-OH is 1. The van der Waals surface area contributed by atoms with Crippen LogP contribution < -0.4 is 5.32 Å². The fraction of sp³-hybridized carbons (Fsp3) is 0.438. The Hall–Kier alpha value is -2.41. The summed E-state index contributed by atoms with van der Waals surface area (Å²) in [4.78, 5) is 11.7. The molecule has 1 amide bonds. The van der Waals surface area contributed by atoms with Crippen molar-refractivity contribution in [2.75, 3.05) is 13.2 Å². The summed E-state index contributed by atoms with van der Waals surface area (Å²) >= 11 is 0. The Balaban J connectivity index is 2.07. The molecule has 0 radical (unpaired) electrons. The van der Waals surface area contributed by atoms with Gasteiger partial charge in [-0.3, -0.25) is 4.79 Å². The first kappa shape index (κ1) is 17.0. The van der Waals surface area contributed by atoms with Crippen molar-refractivity contribution in [1.29, 1.82) is 0 Å². The van der Waals surface area contributed by atoms with E-state index in [4.69, 9.17) is 14.2 Å². The van der Waals surface area contributed by atoms with Crippen molar-refractivity contribution in [1.82, 2.24) is 15.6 Å². The molecule has 2 rings (SSSR count). The fourth-order valence-electron chi connectivity index (χ4n) is 2.06. The highest BCUT2D eigenvalue weighted by molar-refractivity contribution is 5.91. The molecule has 0 atom stereocenters. The van der Waals surface area contributed by atoms with Crippen molar-refractivity contribution in [2.24, 2.45) is 0 Å². The summed E-state index contributed by atoms with van der Waals surface area (Å²) in [6.07, 6.45) is 6.61. The summed E-state index contributed by atoms with van der Waals surface area (Å²) in [7, 11) is 0. The zero-order valence-electron chi connectivity index (χ0n) is 13.3. The van der Waals surface area contributed by atoms with E-state index in [2.05, 4.69) is 22.6 Å². The summed E-state index contributed by atoms with van der Waals surface area (Å²) in [6, 6.07) is 1.54. The molecular formula is C16H21N3O4. The van der Waals surface area contributed by atoms with Gasteiger partial charge in [0.2, 0.25) is 5.76 Å². The van der Waals surface area contributed by atoms with Gasteiger partial charge in [-0.1, -0.05) is 23.7 Å². The SMILES string of the molecule is CCCCc1noc(C)c1C=Cc1cc(C(=O)NCCO)on1. The van der Waals surface area contributed by atoms with E-state index in [-0.39, 0.29) is 18.9 Å². The lowest BCUT2D eigenvalue weighted by Crippen LogP contribution is -2.25. The van der Waals surface area contributed by atoms with Crippen LogP contribution in [0.2, 0.25) is 0 Å². The van der Waals surface area contributed by atoms with Crippen molar-refractivity contribution >= 4 is 18.1 Å². The molecule has 2 N–H and O–H groups in total. The summed E-state index contributed by atoms with van der Waals surface area (Å²) in [5.41, 5.74) is 2.39. The number of amides is 1. The van der Waals surface area contributed by atoms with Crippen molar-refractivity contribution in [2.45, 2.75) is 33.1 Å². The molecule has 2 heterocycles. The lowest BCUT2D eigenvalue weighted by Gasteiger charge is -1.96. The zero-order valence-corrected chi connectivity index (χ0v) is 13.3. The van der Waals surface area contributed by atoms with Crippen LogP contribution in [-0.2, 0) is 6.42 Å². The molecule has 0 spiro atoms. The van der Waals surface area contributed by atoms with Crippen LogP contribution in [0.25, 0.3) is 12.2 Å². The number of nitrogens with one attached hydrogen (secondary N) is 1. The molecule has 7 heteroatoms. The van der Waals surface area contributed by atoms with Gasteiger partial charge in [0.25, 0.3) is 5.91 Å². The lowest BCUT2D eigenvalue weighted by molar-refractivity contribution is 0.0908. The molecule has 0 fully saturated rings. The third-order valence-electron chi connectivity index (χ3n) is 3.32. The molecule has 2 aromatic heterocycles. The van der Waals surface area contributed by atoms with E-state index in [9.17, 15) is 4.79 Å². The van der Waals surface area contributed by atoms with Crippen LogP contribution in [0.4, 0.5) is 0 Å². The third kappa shape index (κ3) is 4.53. The summed E-state index contributed by atoms with van der Waals surface area (Å²) in [5.74, 6) is 0.444. The number of aliphatic hydroxyl groups is 1. The molecule has 0 saturated heterocycles. The first-order valence-electron chi connectivity index (χ1n) is 7.64. The number of rotatable bonds is 8. The summed E-state index contributed by atoms with van der Waals surface area (Å²) in [6.45, 7) is 4.03. The van der Waals surface area contributed by atoms with Gasteiger partial charge in [-0.15, -0.1) is 0 Å². The Bertz CT molecular complexity index is 673. The van der Waals surface area contributed by atoms with Gasteiger partial charge in [-0.25, -0.2) is 0 Å². The second-order valence-corrected chi connectivity index (χ2v) is 5.13. The van der Waals surface area contributed by atoms with Gasteiger partial charge >= 0.3 is 0 Å². The molecular weight excluding hydrogens is 298 g/mol. The number of carbonyl (C=O) groups is 1. The molecule has 0 aromatic carbocycles. The first-order valence-corrected chi connectivity index (χ1v) is 7.64. The van der Waals surface area contributed by atoms with Gasteiger partial charge in [0, 0.05) is 18.2 Å². The highest BCUT2D eigenvalue weighted by Gasteiger charge is 2.12. The van der Waals surface area contributed by atoms with Crippen molar-refractivity contribution < 1.29 is 18.9 Å². The molecule has 0 saturated carbocycles. The van der Waals surface area contributed by atoms with E-state index in [1.54, 1.807) is 6.08 Å². The Kier molecular flexibility index (Phi) is 6.10. The molecule has 0 aliphatic rings. The fourth-order valence-corrected chi connectivity index (χ4v) is 2.06. The lowest BCUT2D eigenvalue weighted by atomic mass is 10.1. The number of carbonyl (C=O) groups excluding carboxylic acids is 1. The van der Waals surface area contributed by atoms with E-state index in [1.807, 2.05) is 13.0 Å². The van der Waals surface area contributed by atoms with E-state index in [1.165, 1.54) is 6.07 Å². The molecule has 124 valence electrons. The van der Waals surface area contributed by atoms with Crippen LogP contribution in [0, 0.1) is 6.92 Å². The topological polar surface area (TPSA) is 101 Å². The highest BCUT2D eigenvalue weighted by atomic mass is 16.5.